The number of hydrogen-bond acceptors (Lipinski definition) is 4. The van der Waals surface area contributed by atoms with Gasteiger partial charge in [-0.25, -0.2) is 17.1 Å². The number of hydrogen-bond donors (Lipinski definition) is 0. The second-order valence-electron chi connectivity index (χ2n) is 4.91. The topological polar surface area (TPSA) is 54.5 Å². The summed E-state index contributed by atoms with van der Waals surface area (Å²) < 4.78 is 38.9. The molecule has 1 aromatic carbocycles. The Labute approximate surface area is 133 Å². The number of ketones is 1. The summed E-state index contributed by atoms with van der Waals surface area (Å²) in [5.74, 6) is -0.472. The number of benzene rings is 1. The number of rotatable bonds is 6. The predicted molar refractivity (Wildman–Crippen MR) is 84.2 cm³/mol. The number of halogens is 1. The summed E-state index contributed by atoms with van der Waals surface area (Å²) >= 11 is 1.12. The smallest absolute Gasteiger partial charge is 0.243 e. The quantitative estimate of drug-likeness (QED) is 0.759. The highest BCUT2D eigenvalue weighted by Gasteiger charge is 2.22. The average Bonchev–Trinajstić information content (AvgIpc) is 2.97. The molecule has 0 aliphatic heterocycles. The molecule has 22 heavy (non-hydrogen) atoms. The first-order chi connectivity index (χ1) is 10.3. The highest BCUT2D eigenvalue weighted by atomic mass is 32.2. The molecule has 0 saturated heterocycles. The molecule has 0 saturated carbocycles. The molecule has 0 amide bonds. The second kappa shape index (κ2) is 6.68. The van der Waals surface area contributed by atoms with Crippen LogP contribution >= 0.6 is 11.3 Å². The van der Waals surface area contributed by atoms with Crippen LogP contribution in [-0.2, 0) is 16.4 Å². The van der Waals surface area contributed by atoms with Crippen LogP contribution in [0.2, 0.25) is 0 Å². The maximum Gasteiger partial charge on any atom is 0.243 e. The molecular formula is C15H16FNO3S2. The van der Waals surface area contributed by atoms with Gasteiger partial charge in [-0.05, 0) is 37.1 Å². The van der Waals surface area contributed by atoms with Crippen LogP contribution in [0.1, 0.15) is 22.2 Å². The van der Waals surface area contributed by atoms with Crippen molar-refractivity contribution >= 4 is 27.1 Å². The lowest BCUT2D eigenvalue weighted by Crippen LogP contribution is -2.28. The monoisotopic (exact) mass is 341 g/mol. The number of thiophene rings is 1. The SMILES string of the molecule is CC(=O)c1cc(S(=O)(=O)N(C)CCc2ccc(F)cc2)cs1. The first kappa shape index (κ1) is 16.8. The van der Waals surface area contributed by atoms with E-state index in [9.17, 15) is 17.6 Å². The molecule has 1 aromatic heterocycles. The molecule has 4 nitrogen and oxygen atoms in total. The van der Waals surface area contributed by atoms with Crippen molar-refractivity contribution < 1.29 is 17.6 Å². The van der Waals surface area contributed by atoms with Gasteiger partial charge in [-0.2, -0.15) is 0 Å². The maximum atomic E-state index is 12.8. The van der Waals surface area contributed by atoms with Crippen LogP contribution in [0.25, 0.3) is 0 Å². The van der Waals surface area contributed by atoms with Crippen LogP contribution in [0.4, 0.5) is 4.39 Å². The third kappa shape index (κ3) is 3.79. The van der Waals surface area contributed by atoms with Gasteiger partial charge in [0.15, 0.2) is 5.78 Å². The zero-order chi connectivity index (χ0) is 16.3. The van der Waals surface area contributed by atoms with Gasteiger partial charge in [0.1, 0.15) is 5.82 Å². The summed E-state index contributed by atoms with van der Waals surface area (Å²) in [4.78, 5) is 11.8. The van der Waals surface area contributed by atoms with Gasteiger partial charge in [0.05, 0.1) is 9.77 Å². The van der Waals surface area contributed by atoms with E-state index in [1.54, 1.807) is 12.1 Å². The summed E-state index contributed by atoms with van der Waals surface area (Å²) in [6.07, 6.45) is 0.486. The van der Waals surface area contributed by atoms with E-state index in [2.05, 4.69) is 0 Å². The van der Waals surface area contributed by atoms with E-state index < -0.39 is 10.0 Å². The van der Waals surface area contributed by atoms with Crippen LogP contribution < -0.4 is 0 Å². The van der Waals surface area contributed by atoms with E-state index in [-0.39, 0.29) is 23.0 Å². The van der Waals surface area contributed by atoms with Gasteiger partial charge < -0.3 is 0 Å². The molecule has 0 N–H and O–H groups in total. The highest BCUT2D eigenvalue weighted by molar-refractivity contribution is 7.89. The predicted octanol–water partition coefficient (Wildman–Crippen LogP) is 2.95. The lowest BCUT2D eigenvalue weighted by Gasteiger charge is -2.16. The number of carbonyl (C=O) groups excluding carboxylic acids is 1. The summed E-state index contributed by atoms with van der Waals surface area (Å²) in [6.45, 7) is 1.68. The van der Waals surface area contributed by atoms with E-state index in [4.69, 9.17) is 0 Å². The van der Waals surface area contributed by atoms with Crippen molar-refractivity contribution in [2.75, 3.05) is 13.6 Å². The van der Waals surface area contributed by atoms with Gasteiger partial charge in [-0.15, -0.1) is 11.3 Å². The molecule has 0 atom stereocenters. The number of likely N-dealkylation sites (N-methyl/N-ethyl adjacent to an activating group) is 1. The fraction of sp³-hybridized carbons (Fsp3) is 0.267. The molecule has 0 unspecified atom stereocenters. The lowest BCUT2D eigenvalue weighted by molar-refractivity contribution is 0.102. The molecule has 118 valence electrons. The molecular weight excluding hydrogens is 325 g/mol. The molecule has 2 aromatic rings. The van der Waals surface area contributed by atoms with Gasteiger partial charge in [-0.3, -0.25) is 4.79 Å². The molecule has 2 rings (SSSR count). The Hall–Kier alpha value is -1.57. The van der Waals surface area contributed by atoms with Gasteiger partial charge >= 0.3 is 0 Å². The van der Waals surface area contributed by atoms with E-state index in [0.717, 1.165) is 16.9 Å². The van der Waals surface area contributed by atoms with E-state index >= 15 is 0 Å². The van der Waals surface area contributed by atoms with Crippen molar-refractivity contribution in [1.82, 2.24) is 4.31 Å². The van der Waals surface area contributed by atoms with Crippen molar-refractivity contribution in [1.29, 1.82) is 0 Å². The summed E-state index contributed by atoms with van der Waals surface area (Å²) in [5, 5.41) is 1.47. The lowest BCUT2D eigenvalue weighted by atomic mass is 10.1. The molecule has 0 bridgehead atoms. The minimum absolute atomic E-state index is 0.129. The van der Waals surface area contributed by atoms with Crippen LogP contribution in [0.5, 0.6) is 0 Å². The fourth-order valence-corrected chi connectivity index (χ4v) is 4.21. The molecule has 0 radical (unpaired) electrons. The number of Topliss-reactive ketones (excluding diaryl/α,β-unsaturated/α-hetero) is 1. The van der Waals surface area contributed by atoms with Crippen molar-refractivity contribution in [3.05, 3.63) is 52.0 Å². The zero-order valence-corrected chi connectivity index (χ0v) is 13.9. The van der Waals surface area contributed by atoms with Gasteiger partial charge in [-0.1, -0.05) is 12.1 Å². The molecule has 1 heterocycles. The first-order valence-electron chi connectivity index (χ1n) is 6.61. The normalized spacial score (nSPS) is 11.8. The van der Waals surface area contributed by atoms with Crippen LogP contribution in [0.3, 0.4) is 0 Å². The first-order valence-corrected chi connectivity index (χ1v) is 8.93. The Balaban J connectivity index is 2.08. The number of carbonyl (C=O) groups is 1. The standard InChI is InChI=1S/C15H16FNO3S2/c1-11(18)15-9-14(10-21-15)22(19,20)17(2)8-7-12-3-5-13(16)6-4-12/h3-6,9-10H,7-8H2,1-2H3. The molecule has 0 spiro atoms. The summed E-state index contributed by atoms with van der Waals surface area (Å²) in [7, 11) is -2.12. The van der Waals surface area contributed by atoms with Gasteiger partial charge in [0, 0.05) is 19.0 Å². The Kier molecular flexibility index (Phi) is 5.10. The third-order valence-electron chi connectivity index (χ3n) is 3.26. The van der Waals surface area contributed by atoms with Crippen LogP contribution in [-0.4, -0.2) is 32.1 Å². The maximum absolute atomic E-state index is 12.8. The fourth-order valence-electron chi connectivity index (χ4n) is 1.88. The van der Waals surface area contributed by atoms with Gasteiger partial charge in [0.25, 0.3) is 0 Å². The van der Waals surface area contributed by atoms with E-state index in [1.165, 1.54) is 41.9 Å². The van der Waals surface area contributed by atoms with Crippen molar-refractivity contribution in [2.45, 2.75) is 18.2 Å². The molecule has 7 heteroatoms. The Morgan fingerprint density at radius 3 is 2.45 bits per heavy atom. The van der Waals surface area contributed by atoms with Gasteiger partial charge in [0.2, 0.25) is 10.0 Å². The van der Waals surface area contributed by atoms with Crippen LogP contribution in [0.15, 0.2) is 40.6 Å². The number of sulfonamides is 1. The Morgan fingerprint density at radius 1 is 1.27 bits per heavy atom. The van der Waals surface area contributed by atoms with Crippen molar-refractivity contribution in [2.24, 2.45) is 0 Å². The van der Waals surface area contributed by atoms with Crippen molar-refractivity contribution in [3.8, 4) is 0 Å². The van der Waals surface area contributed by atoms with Crippen molar-refractivity contribution in [3.63, 3.8) is 0 Å². The minimum atomic E-state index is -3.61. The molecule has 0 aliphatic rings. The Morgan fingerprint density at radius 2 is 1.91 bits per heavy atom. The average molecular weight is 341 g/mol. The highest BCUT2D eigenvalue weighted by Crippen LogP contribution is 2.22. The Bertz CT molecular complexity index is 766. The molecule has 0 aliphatic carbocycles. The third-order valence-corrected chi connectivity index (χ3v) is 6.27. The summed E-state index contributed by atoms with van der Waals surface area (Å²) in [6, 6.07) is 7.36. The zero-order valence-electron chi connectivity index (χ0n) is 12.2. The van der Waals surface area contributed by atoms with E-state index in [0.29, 0.717) is 11.3 Å². The van der Waals surface area contributed by atoms with E-state index in [1.807, 2.05) is 0 Å². The second-order valence-corrected chi connectivity index (χ2v) is 7.86. The molecule has 0 fully saturated rings. The minimum Gasteiger partial charge on any atom is -0.294 e. The largest absolute Gasteiger partial charge is 0.294 e. The number of nitrogens with zero attached hydrogens (tertiary/aromatic N) is 1. The van der Waals surface area contributed by atoms with Crippen LogP contribution in [0, 0.1) is 5.82 Å². The summed E-state index contributed by atoms with van der Waals surface area (Å²) in [5.41, 5.74) is 0.859.